The van der Waals surface area contributed by atoms with Gasteiger partial charge in [-0.25, -0.2) is 0 Å². The number of hydrogen-bond donors (Lipinski definition) is 1. The van der Waals surface area contributed by atoms with E-state index < -0.39 is 0 Å². The second-order valence-corrected chi connectivity index (χ2v) is 7.48. The SMILES string of the molecule is CC(C)c1ccc(-n2nnnc2S[C@@H](C)C(=O)NCc2ccco2)cc1. The van der Waals surface area contributed by atoms with Gasteiger partial charge in [0.25, 0.3) is 0 Å². The van der Waals surface area contributed by atoms with Crippen LogP contribution in [0.5, 0.6) is 0 Å². The normalized spacial score (nSPS) is 12.3. The topological polar surface area (TPSA) is 85.8 Å². The summed E-state index contributed by atoms with van der Waals surface area (Å²) in [4.78, 5) is 12.3. The van der Waals surface area contributed by atoms with E-state index in [-0.39, 0.29) is 11.2 Å². The Morgan fingerprint density at radius 3 is 2.65 bits per heavy atom. The van der Waals surface area contributed by atoms with Crippen molar-refractivity contribution in [1.29, 1.82) is 0 Å². The number of furan rings is 1. The van der Waals surface area contributed by atoms with Crippen LogP contribution in [0.2, 0.25) is 0 Å². The summed E-state index contributed by atoms with van der Waals surface area (Å²) >= 11 is 1.31. The van der Waals surface area contributed by atoms with Crippen LogP contribution < -0.4 is 5.32 Å². The highest BCUT2D eigenvalue weighted by atomic mass is 32.2. The molecule has 0 radical (unpaired) electrons. The summed E-state index contributed by atoms with van der Waals surface area (Å²) in [6.45, 7) is 6.48. The van der Waals surface area contributed by atoms with E-state index in [4.69, 9.17) is 4.42 Å². The molecule has 8 heteroatoms. The first-order valence-electron chi connectivity index (χ1n) is 8.40. The number of carbonyl (C=O) groups excluding carboxylic acids is 1. The molecule has 0 bridgehead atoms. The van der Waals surface area contributed by atoms with Crippen molar-refractivity contribution in [3.8, 4) is 5.69 Å². The average molecular weight is 371 g/mol. The molecule has 2 heterocycles. The van der Waals surface area contributed by atoms with Gasteiger partial charge in [0.15, 0.2) is 0 Å². The lowest BCUT2D eigenvalue weighted by Crippen LogP contribution is -2.30. The van der Waals surface area contributed by atoms with Gasteiger partial charge < -0.3 is 9.73 Å². The van der Waals surface area contributed by atoms with Crippen molar-refractivity contribution in [3.05, 3.63) is 54.0 Å². The Kier molecular flexibility index (Phi) is 5.72. The molecule has 0 fully saturated rings. The predicted octanol–water partition coefficient (Wildman–Crippen LogP) is 3.18. The minimum Gasteiger partial charge on any atom is -0.467 e. The molecule has 0 aliphatic rings. The maximum atomic E-state index is 12.3. The fourth-order valence-electron chi connectivity index (χ4n) is 2.36. The Morgan fingerprint density at radius 2 is 2.00 bits per heavy atom. The lowest BCUT2D eigenvalue weighted by Gasteiger charge is -2.11. The fourth-order valence-corrected chi connectivity index (χ4v) is 3.19. The Morgan fingerprint density at radius 1 is 1.23 bits per heavy atom. The van der Waals surface area contributed by atoms with E-state index in [1.54, 1.807) is 17.0 Å². The van der Waals surface area contributed by atoms with Crippen LogP contribution in [0.3, 0.4) is 0 Å². The summed E-state index contributed by atoms with van der Waals surface area (Å²) in [7, 11) is 0. The first-order chi connectivity index (χ1) is 12.5. The van der Waals surface area contributed by atoms with E-state index in [2.05, 4.69) is 46.8 Å². The molecule has 1 aromatic carbocycles. The van der Waals surface area contributed by atoms with Gasteiger partial charge >= 0.3 is 0 Å². The predicted molar refractivity (Wildman–Crippen MR) is 99.1 cm³/mol. The smallest absolute Gasteiger partial charge is 0.233 e. The van der Waals surface area contributed by atoms with Crippen LogP contribution in [0.4, 0.5) is 0 Å². The third-order valence-electron chi connectivity index (χ3n) is 3.91. The highest BCUT2D eigenvalue weighted by Gasteiger charge is 2.19. The number of thioether (sulfide) groups is 1. The number of tetrazole rings is 1. The van der Waals surface area contributed by atoms with Gasteiger partial charge in [0.05, 0.1) is 23.7 Å². The number of hydrogen-bond acceptors (Lipinski definition) is 6. The van der Waals surface area contributed by atoms with E-state index in [1.165, 1.54) is 17.3 Å². The van der Waals surface area contributed by atoms with Gasteiger partial charge in [0, 0.05) is 0 Å². The average Bonchev–Trinajstić information content (AvgIpc) is 3.31. The Labute approximate surface area is 156 Å². The lowest BCUT2D eigenvalue weighted by atomic mass is 10.0. The van der Waals surface area contributed by atoms with E-state index >= 15 is 0 Å². The van der Waals surface area contributed by atoms with Gasteiger partial charge in [0.1, 0.15) is 5.76 Å². The maximum absolute atomic E-state index is 12.3. The number of benzene rings is 1. The number of rotatable bonds is 7. The van der Waals surface area contributed by atoms with Crippen LogP contribution in [0.25, 0.3) is 5.69 Å². The molecule has 1 amide bonds. The number of aromatic nitrogens is 4. The molecule has 1 N–H and O–H groups in total. The summed E-state index contributed by atoms with van der Waals surface area (Å²) < 4.78 is 6.86. The van der Waals surface area contributed by atoms with Crippen LogP contribution >= 0.6 is 11.8 Å². The summed E-state index contributed by atoms with van der Waals surface area (Å²) in [5.41, 5.74) is 2.12. The number of nitrogens with one attached hydrogen (secondary N) is 1. The fraction of sp³-hybridized carbons (Fsp3) is 0.333. The van der Waals surface area contributed by atoms with Crippen molar-refractivity contribution in [2.75, 3.05) is 0 Å². The van der Waals surface area contributed by atoms with E-state index in [0.29, 0.717) is 23.4 Å². The van der Waals surface area contributed by atoms with Gasteiger partial charge in [-0.1, -0.05) is 37.7 Å². The quantitative estimate of drug-likeness (QED) is 0.642. The third kappa shape index (κ3) is 4.32. The highest BCUT2D eigenvalue weighted by Crippen LogP contribution is 2.24. The Bertz CT molecular complexity index is 843. The van der Waals surface area contributed by atoms with Gasteiger partial charge in [-0.15, -0.1) is 5.10 Å². The van der Waals surface area contributed by atoms with Gasteiger partial charge in [-0.3, -0.25) is 4.79 Å². The van der Waals surface area contributed by atoms with Crippen molar-refractivity contribution < 1.29 is 9.21 Å². The molecule has 0 saturated carbocycles. The molecule has 0 spiro atoms. The van der Waals surface area contributed by atoms with Crippen molar-refractivity contribution in [1.82, 2.24) is 25.5 Å². The van der Waals surface area contributed by atoms with Gasteiger partial charge in [-0.2, -0.15) is 4.68 Å². The second kappa shape index (κ2) is 8.18. The molecule has 0 saturated heterocycles. The highest BCUT2D eigenvalue weighted by molar-refractivity contribution is 8.00. The molecule has 3 aromatic rings. The van der Waals surface area contributed by atoms with Crippen LogP contribution in [-0.4, -0.2) is 31.4 Å². The summed E-state index contributed by atoms with van der Waals surface area (Å²) in [6, 6.07) is 11.7. The molecule has 1 atom stereocenters. The Balaban J connectivity index is 1.65. The molecule has 0 aliphatic heterocycles. The van der Waals surface area contributed by atoms with Crippen LogP contribution in [0, 0.1) is 0 Å². The van der Waals surface area contributed by atoms with E-state index in [0.717, 1.165) is 5.69 Å². The van der Waals surface area contributed by atoms with Crippen LogP contribution in [-0.2, 0) is 11.3 Å². The molecular formula is C18H21N5O2S. The zero-order chi connectivity index (χ0) is 18.5. The minimum absolute atomic E-state index is 0.101. The van der Waals surface area contributed by atoms with E-state index in [1.807, 2.05) is 25.1 Å². The first-order valence-corrected chi connectivity index (χ1v) is 9.28. The van der Waals surface area contributed by atoms with E-state index in [9.17, 15) is 4.79 Å². The monoisotopic (exact) mass is 371 g/mol. The summed E-state index contributed by atoms with van der Waals surface area (Å²) in [5, 5.41) is 14.9. The number of nitrogens with zero attached hydrogens (tertiary/aromatic N) is 4. The summed E-state index contributed by atoms with van der Waals surface area (Å²) in [5.74, 6) is 1.08. The zero-order valence-corrected chi connectivity index (χ0v) is 15.7. The van der Waals surface area contributed by atoms with Crippen molar-refractivity contribution in [3.63, 3.8) is 0 Å². The number of amides is 1. The molecule has 2 aromatic heterocycles. The standard InChI is InChI=1S/C18H21N5O2S/c1-12(2)14-6-8-15(9-7-14)23-18(20-21-22-23)26-13(3)17(24)19-11-16-5-4-10-25-16/h4-10,12-13H,11H2,1-3H3,(H,19,24)/t13-/m0/s1. The molecule has 0 aliphatic carbocycles. The molecule has 0 unspecified atom stereocenters. The zero-order valence-electron chi connectivity index (χ0n) is 14.9. The first kappa shape index (κ1) is 18.2. The van der Waals surface area contributed by atoms with Crippen molar-refractivity contribution >= 4 is 17.7 Å². The summed E-state index contributed by atoms with van der Waals surface area (Å²) in [6.07, 6.45) is 1.58. The van der Waals surface area contributed by atoms with Gasteiger partial charge in [0.2, 0.25) is 11.1 Å². The van der Waals surface area contributed by atoms with Crippen LogP contribution in [0.15, 0.2) is 52.2 Å². The molecular weight excluding hydrogens is 350 g/mol. The van der Waals surface area contributed by atoms with Crippen molar-refractivity contribution in [2.24, 2.45) is 0 Å². The minimum atomic E-state index is -0.343. The number of carbonyl (C=O) groups is 1. The molecule has 26 heavy (non-hydrogen) atoms. The largest absolute Gasteiger partial charge is 0.467 e. The second-order valence-electron chi connectivity index (χ2n) is 6.18. The van der Waals surface area contributed by atoms with Crippen molar-refractivity contribution in [2.45, 2.75) is 43.6 Å². The molecule has 3 rings (SSSR count). The third-order valence-corrected chi connectivity index (χ3v) is 4.95. The molecule has 136 valence electrons. The van der Waals surface area contributed by atoms with Gasteiger partial charge in [-0.05, 0) is 53.1 Å². The lowest BCUT2D eigenvalue weighted by molar-refractivity contribution is -0.120. The Hall–Kier alpha value is -2.61. The molecule has 7 nitrogen and oxygen atoms in total. The maximum Gasteiger partial charge on any atom is 0.233 e. The van der Waals surface area contributed by atoms with Crippen LogP contribution in [0.1, 0.15) is 38.0 Å².